The van der Waals surface area contributed by atoms with Crippen LogP contribution in [0.2, 0.25) is 0 Å². The van der Waals surface area contributed by atoms with Gasteiger partial charge >= 0.3 is 0 Å². The highest BCUT2D eigenvalue weighted by atomic mass is 32.1. The Morgan fingerprint density at radius 1 is 1.24 bits per heavy atom. The molecule has 2 aromatic rings. The Balaban J connectivity index is 2.27. The lowest BCUT2D eigenvalue weighted by atomic mass is 10.2. The fourth-order valence-electron chi connectivity index (χ4n) is 2.32. The minimum atomic E-state index is 0.908. The zero-order chi connectivity index (χ0) is 15.1. The van der Waals surface area contributed by atoms with Gasteiger partial charge in [0.25, 0.3) is 0 Å². The molecule has 0 fully saturated rings. The van der Waals surface area contributed by atoms with Crippen molar-refractivity contribution in [3.8, 4) is 0 Å². The van der Waals surface area contributed by atoms with Gasteiger partial charge in [-0.05, 0) is 31.2 Å². The van der Waals surface area contributed by atoms with Crippen LogP contribution in [0.1, 0.15) is 37.6 Å². The summed E-state index contributed by atoms with van der Waals surface area (Å²) >= 11 is 1.79. The number of rotatable bonds is 8. The minimum absolute atomic E-state index is 0.908. The first-order valence-electron chi connectivity index (χ1n) is 7.65. The van der Waals surface area contributed by atoms with Gasteiger partial charge in [0.05, 0.1) is 6.54 Å². The number of hydrogen-bond donors (Lipinski definition) is 1. The van der Waals surface area contributed by atoms with Crippen molar-refractivity contribution in [2.75, 3.05) is 23.3 Å². The molecule has 0 unspecified atom stereocenters. The molecule has 1 N–H and O–H groups in total. The molecule has 0 bridgehead atoms. The van der Waals surface area contributed by atoms with Crippen LogP contribution in [0.4, 0.5) is 11.6 Å². The molecule has 0 amide bonds. The van der Waals surface area contributed by atoms with Gasteiger partial charge in [-0.3, -0.25) is 0 Å². The van der Waals surface area contributed by atoms with Crippen molar-refractivity contribution in [1.29, 1.82) is 0 Å². The fraction of sp³-hybridized carbons (Fsp3) is 0.500. The Hall–Kier alpha value is -1.62. The Labute approximate surface area is 131 Å². The van der Waals surface area contributed by atoms with E-state index in [1.54, 1.807) is 17.7 Å². The molecule has 0 saturated carbocycles. The van der Waals surface area contributed by atoms with Crippen LogP contribution in [0.3, 0.4) is 0 Å². The van der Waals surface area contributed by atoms with Crippen molar-refractivity contribution >= 4 is 23.0 Å². The number of aromatic nitrogens is 2. The average Bonchev–Trinajstić information content (AvgIpc) is 3.03. The summed E-state index contributed by atoms with van der Waals surface area (Å²) in [4.78, 5) is 12.6. The van der Waals surface area contributed by atoms with Crippen molar-refractivity contribution in [2.45, 2.75) is 40.2 Å². The SMILES string of the molecule is CCCNc1ncnc(N(CC)Cc2cccs2)c1CC. The molecule has 0 aliphatic rings. The van der Waals surface area contributed by atoms with Gasteiger partial charge in [0.2, 0.25) is 0 Å². The highest BCUT2D eigenvalue weighted by molar-refractivity contribution is 7.09. The monoisotopic (exact) mass is 304 g/mol. The lowest BCUT2D eigenvalue weighted by Crippen LogP contribution is -2.24. The van der Waals surface area contributed by atoms with Gasteiger partial charge < -0.3 is 10.2 Å². The molecule has 0 radical (unpaired) electrons. The highest BCUT2D eigenvalue weighted by Crippen LogP contribution is 2.26. The molecule has 0 atom stereocenters. The van der Waals surface area contributed by atoms with E-state index in [-0.39, 0.29) is 0 Å². The Morgan fingerprint density at radius 3 is 2.71 bits per heavy atom. The molecule has 0 saturated heterocycles. The van der Waals surface area contributed by atoms with Gasteiger partial charge in [0, 0.05) is 23.5 Å². The Bertz CT molecular complexity index is 539. The van der Waals surface area contributed by atoms with E-state index in [9.17, 15) is 0 Å². The Morgan fingerprint density at radius 2 is 2.10 bits per heavy atom. The molecule has 0 aromatic carbocycles. The molecule has 2 aromatic heterocycles. The van der Waals surface area contributed by atoms with E-state index in [0.717, 1.165) is 44.1 Å². The van der Waals surface area contributed by atoms with Crippen LogP contribution in [0.15, 0.2) is 23.8 Å². The molecule has 2 heterocycles. The molecule has 2 rings (SSSR count). The van der Waals surface area contributed by atoms with Gasteiger partial charge in [0.1, 0.15) is 18.0 Å². The predicted octanol–water partition coefficient (Wildman–Crippen LogP) is 3.95. The smallest absolute Gasteiger partial charge is 0.137 e. The van der Waals surface area contributed by atoms with Crippen LogP contribution in [0.5, 0.6) is 0 Å². The summed E-state index contributed by atoms with van der Waals surface area (Å²) in [5, 5.41) is 5.54. The highest BCUT2D eigenvalue weighted by Gasteiger charge is 2.15. The number of nitrogens with one attached hydrogen (secondary N) is 1. The summed E-state index contributed by atoms with van der Waals surface area (Å²) in [6.45, 7) is 9.30. The van der Waals surface area contributed by atoms with E-state index in [2.05, 4.69) is 58.5 Å². The van der Waals surface area contributed by atoms with Crippen LogP contribution in [0, 0.1) is 0 Å². The van der Waals surface area contributed by atoms with Crippen LogP contribution in [-0.4, -0.2) is 23.1 Å². The first-order valence-corrected chi connectivity index (χ1v) is 8.53. The summed E-state index contributed by atoms with van der Waals surface area (Å²) in [7, 11) is 0. The van der Waals surface area contributed by atoms with Gasteiger partial charge in [-0.15, -0.1) is 11.3 Å². The molecular formula is C16H24N4S. The van der Waals surface area contributed by atoms with Crippen molar-refractivity contribution in [2.24, 2.45) is 0 Å². The van der Waals surface area contributed by atoms with Crippen LogP contribution in [-0.2, 0) is 13.0 Å². The number of nitrogens with zero attached hydrogens (tertiary/aromatic N) is 3. The number of thiophene rings is 1. The lowest BCUT2D eigenvalue weighted by Gasteiger charge is -2.24. The molecule has 5 heteroatoms. The quantitative estimate of drug-likeness (QED) is 0.802. The van der Waals surface area contributed by atoms with Crippen molar-refractivity contribution < 1.29 is 0 Å². The van der Waals surface area contributed by atoms with E-state index >= 15 is 0 Å². The number of hydrogen-bond acceptors (Lipinski definition) is 5. The second-order valence-corrected chi connectivity index (χ2v) is 5.93. The summed E-state index contributed by atoms with van der Waals surface area (Å²) in [6, 6.07) is 4.28. The topological polar surface area (TPSA) is 41.1 Å². The summed E-state index contributed by atoms with van der Waals surface area (Å²) < 4.78 is 0. The van der Waals surface area contributed by atoms with E-state index in [1.165, 1.54) is 10.4 Å². The van der Waals surface area contributed by atoms with Crippen LogP contribution < -0.4 is 10.2 Å². The molecule has 4 nitrogen and oxygen atoms in total. The zero-order valence-electron chi connectivity index (χ0n) is 13.1. The summed E-state index contributed by atoms with van der Waals surface area (Å²) in [5.41, 5.74) is 1.21. The van der Waals surface area contributed by atoms with Crippen LogP contribution >= 0.6 is 11.3 Å². The maximum atomic E-state index is 4.55. The van der Waals surface area contributed by atoms with Crippen molar-refractivity contribution in [3.63, 3.8) is 0 Å². The standard InChI is InChI=1S/C16H24N4S/c1-4-9-17-15-14(5-2)16(19-12-18-15)20(6-3)11-13-8-7-10-21-13/h7-8,10,12H,4-6,9,11H2,1-3H3,(H,17,18,19). The average molecular weight is 304 g/mol. The lowest BCUT2D eigenvalue weighted by molar-refractivity contribution is 0.805. The summed E-state index contributed by atoms with van der Waals surface area (Å²) in [6.07, 6.45) is 3.70. The van der Waals surface area contributed by atoms with Crippen molar-refractivity contribution in [3.05, 3.63) is 34.3 Å². The van der Waals surface area contributed by atoms with Gasteiger partial charge in [-0.1, -0.05) is 19.9 Å². The van der Waals surface area contributed by atoms with E-state index in [4.69, 9.17) is 0 Å². The maximum Gasteiger partial charge on any atom is 0.137 e. The second-order valence-electron chi connectivity index (χ2n) is 4.90. The largest absolute Gasteiger partial charge is 0.370 e. The first-order chi connectivity index (χ1) is 10.3. The summed E-state index contributed by atoms with van der Waals surface area (Å²) in [5.74, 6) is 2.04. The molecule has 114 valence electrons. The third-order valence-corrected chi connectivity index (χ3v) is 4.29. The van der Waals surface area contributed by atoms with Gasteiger partial charge in [0.15, 0.2) is 0 Å². The van der Waals surface area contributed by atoms with E-state index in [0.29, 0.717) is 0 Å². The zero-order valence-corrected chi connectivity index (χ0v) is 13.9. The van der Waals surface area contributed by atoms with Crippen molar-refractivity contribution in [1.82, 2.24) is 9.97 Å². The first kappa shape index (κ1) is 15.8. The van der Waals surface area contributed by atoms with Crippen LogP contribution in [0.25, 0.3) is 0 Å². The molecule has 0 spiro atoms. The molecule has 0 aliphatic carbocycles. The fourth-order valence-corrected chi connectivity index (χ4v) is 3.04. The molecule has 21 heavy (non-hydrogen) atoms. The Kier molecular flexibility index (Phi) is 5.99. The minimum Gasteiger partial charge on any atom is -0.370 e. The maximum absolute atomic E-state index is 4.55. The third kappa shape index (κ3) is 3.94. The second kappa shape index (κ2) is 7.98. The van der Waals surface area contributed by atoms with Gasteiger partial charge in [-0.25, -0.2) is 9.97 Å². The number of anilines is 2. The molecular weight excluding hydrogens is 280 g/mol. The predicted molar refractivity (Wildman–Crippen MR) is 91.2 cm³/mol. The van der Waals surface area contributed by atoms with E-state index < -0.39 is 0 Å². The normalized spacial score (nSPS) is 10.6. The third-order valence-electron chi connectivity index (χ3n) is 3.43. The van der Waals surface area contributed by atoms with E-state index in [1.807, 2.05) is 0 Å². The van der Waals surface area contributed by atoms with Gasteiger partial charge in [-0.2, -0.15) is 0 Å². The molecule has 0 aliphatic heterocycles.